The van der Waals surface area contributed by atoms with E-state index in [1.165, 1.54) is 7.11 Å². The molecule has 0 fully saturated rings. The lowest BCUT2D eigenvalue weighted by Gasteiger charge is -2.10. The van der Waals surface area contributed by atoms with Gasteiger partial charge in [-0.1, -0.05) is 0 Å². The third-order valence-corrected chi connectivity index (χ3v) is 1.80. The maximum atomic E-state index is 9.15. The van der Waals surface area contributed by atoms with Crippen LogP contribution in [0, 0.1) is 0 Å². The molecule has 1 rings (SSSR count). The summed E-state index contributed by atoms with van der Waals surface area (Å²) < 4.78 is 4.89. The predicted molar refractivity (Wildman–Crippen MR) is 58.7 cm³/mol. The molecule has 7 nitrogen and oxygen atoms in total. The van der Waals surface area contributed by atoms with Gasteiger partial charge in [0.1, 0.15) is 18.2 Å². The molecule has 1 aromatic rings. The molecule has 1 unspecified atom stereocenters. The standard InChI is InChI=1S/C9H16N4O3/c1-16-5-9-12-7(10)2-8(13-9)11-3-6(15)4-14/h2,6,14-15H,3-5H2,1H3,(H3,10,11,12,13). The highest BCUT2D eigenvalue weighted by atomic mass is 16.5. The van der Waals surface area contributed by atoms with E-state index in [4.69, 9.17) is 20.7 Å². The first-order valence-electron chi connectivity index (χ1n) is 4.81. The minimum absolute atomic E-state index is 0.194. The molecule has 0 aliphatic heterocycles. The monoisotopic (exact) mass is 228 g/mol. The van der Waals surface area contributed by atoms with Crippen LogP contribution in [0.1, 0.15) is 5.82 Å². The molecule has 0 bridgehead atoms. The minimum Gasteiger partial charge on any atom is -0.394 e. The molecule has 1 heterocycles. The highest BCUT2D eigenvalue weighted by Gasteiger charge is 2.05. The van der Waals surface area contributed by atoms with Gasteiger partial charge in [-0.05, 0) is 0 Å². The molecule has 0 saturated carbocycles. The van der Waals surface area contributed by atoms with Crippen molar-refractivity contribution < 1.29 is 14.9 Å². The first-order valence-corrected chi connectivity index (χ1v) is 4.81. The van der Waals surface area contributed by atoms with Crippen molar-refractivity contribution in [1.82, 2.24) is 9.97 Å². The number of aliphatic hydroxyl groups excluding tert-OH is 2. The lowest BCUT2D eigenvalue weighted by atomic mass is 10.3. The maximum absolute atomic E-state index is 9.15. The van der Waals surface area contributed by atoms with Gasteiger partial charge in [0.25, 0.3) is 0 Å². The number of rotatable bonds is 6. The number of nitrogens with one attached hydrogen (secondary N) is 1. The number of nitrogens with two attached hydrogens (primary N) is 1. The van der Waals surface area contributed by atoms with Gasteiger partial charge in [0.2, 0.25) is 0 Å². The summed E-state index contributed by atoms with van der Waals surface area (Å²) in [5.74, 6) is 1.28. The number of methoxy groups -OCH3 is 1. The van der Waals surface area contributed by atoms with Crippen molar-refractivity contribution in [3.63, 3.8) is 0 Å². The summed E-state index contributed by atoms with van der Waals surface area (Å²) in [5, 5.41) is 20.6. The highest BCUT2D eigenvalue weighted by molar-refractivity contribution is 5.44. The zero-order valence-corrected chi connectivity index (χ0v) is 9.05. The Morgan fingerprint density at radius 2 is 2.31 bits per heavy atom. The van der Waals surface area contributed by atoms with E-state index >= 15 is 0 Å². The molecule has 0 aromatic carbocycles. The summed E-state index contributed by atoms with van der Waals surface area (Å²) in [7, 11) is 1.54. The van der Waals surface area contributed by atoms with E-state index < -0.39 is 6.10 Å². The Kier molecular flexibility index (Phi) is 4.90. The fourth-order valence-electron chi connectivity index (χ4n) is 1.09. The van der Waals surface area contributed by atoms with Crippen molar-refractivity contribution in [2.24, 2.45) is 0 Å². The molecular weight excluding hydrogens is 212 g/mol. The first-order chi connectivity index (χ1) is 7.65. The maximum Gasteiger partial charge on any atom is 0.158 e. The van der Waals surface area contributed by atoms with E-state index in [2.05, 4.69) is 15.3 Å². The molecule has 0 aliphatic carbocycles. The molecule has 0 saturated heterocycles. The molecule has 1 atom stereocenters. The number of anilines is 2. The van der Waals surface area contributed by atoms with Crippen molar-refractivity contribution in [1.29, 1.82) is 0 Å². The van der Waals surface area contributed by atoms with Crippen LogP contribution in [-0.4, -0.2) is 46.5 Å². The largest absolute Gasteiger partial charge is 0.394 e. The minimum atomic E-state index is -0.831. The molecule has 7 heteroatoms. The molecule has 0 amide bonds. The average Bonchev–Trinajstić information content (AvgIpc) is 2.25. The van der Waals surface area contributed by atoms with Gasteiger partial charge in [-0.15, -0.1) is 0 Å². The molecule has 5 N–H and O–H groups in total. The van der Waals surface area contributed by atoms with E-state index in [0.29, 0.717) is 17.5 Å². The second kappa shape index (κ2) is 6.21. The summed E-state index contributed by atoms with van der Waals surface area (Å²) in [6.45, 7) is 0.153. The second-order valence-electron chi connectivity index (χ2n) is 3.24. The molecule has 16 heavy (non-hydrogen) atoms. The van der Waals surface area contributed by atoms with Gasteiger partial charge in [-0.2, -0.15) is 0 Å². The Hall–Kier alpha value is -1.44. The quantitative estimate of drug-likeness (QED) is 0.492. The topological polar surface area (TPSA) is 114 Å². The SMILES string of the molecule is COCc1nc(N)cc(NCC(O)CO)n1. The summed E-state index contributed by atoms with van der Waals surface area (Å²) in [5.41, 5.74) is 5.57. The second-order valence-corrected chi connectivity index (χ2v) is 3.24. The summed E-state index contributed by atoms with van der Waals surface area (Å²) in [6.07, 6.45) is -0.831. The third kappa shape index (κ3) is 3.97. The lowest BCUT2D eigenvalue weighted by molar-refractivity contribution is 0.105. The number of aliphatic hydroxyl groups is 2. The number of hydrogen-bond donors (Lipinski definition) is 4. The van der Waals surface area contributed by atoms with E-state index in [1.54, 1.807) is 6.07 Å². The first kappa shape index (κ1) is 12.6. The molecule has 0 aliphatic rings. The lowest BCUT2D eigenvalue weighted by Crippen LogP contribution is -2.23. The van der Waals surface area contributed by atoms with Crippen molar-refractivity contribution in [3.8, 4) is 0 Å². The van der Waals surface area contributed by atoms with Crippen LogP contribution in [0.2, 0.25) is 0 Å². The Labute approximate surface area is 93.3 Å². The van der Waals surface area contributed by atoms with Crippen LogP contribution in [0.3, 0.4) is 0 Å². The zero-order valence-electron chi connectivity index (χ0n) is 9.05. The van der Waals surface area contributed by atoms with Gasteiger partial charge in [-0.25, -0.2) is 9.97 Å². The van der Waals surface area contributed by atoms with E-state index in [9.17, 15) is 0 Å². The van der Waals surface area contributed by atoms with E-state index in [0.717, 1.165) is 0 Å². The highest BCUT2D eigenvalue weighted by Crippen LogP contribution is 2.08. The van der Waals surface area contributed by atoms with Crippen LogP contribution in [0.5, 0.6) is 0 Å². The molecule has 90 valence electrons. The van der Waals surface area contributed by atoms with E-state index in [1.807, 2.05) is 0 Å². The van der Waals surface area contributed by atoms with Gasteiger partial charge in [-0.3, -0.25) is 0 Å². The predicted octanol–water partition coefficient (Wildman–Crippen LogP) is -1.03. The Morgan fingerprint density at radius 3 is 2.94 bits per heavy atom. The number of ether oxygens (including phenoxy) is 1. The van der Waals surface area contributed by atoms with E-state index in [-0.39, 0.29) is 19.8 Å². The Balaban J connectivity index is 2.64. The van der Waals surface area contributed by atoms with Gasteiger partial charge >= 0.3 is 0 Å². The van der Waals surface area contributed by atoms with Crippen molar-refractivity contribution in [2.45, 2.75) is 12.7 Å². The summed E-state index contributed by atoms with van der Waals surface area (Å²) in [4.78, 5) is 8.07. The Morgan fingerprint density at radius 1 is 1.56 bits per heavy atom. The number of aromatic nitrogens is 2. The number of hydrogen-bond acceptors (Lipinski definition) is 7. The molecule has 0 radical (unpaired) electrons. The summed E-state index contributed by atoms with van der Waals surface area (Å²) in [6, 6.07) is 1.54. The molecule has 1 aromatic heterocycles. The number of nitrogen functional groups attached to an aromatic ring is 1. The van der Waals surface area contributed by atoms with Crippen LogP contribution >= 0.6 is 0 Å². The molecule has 0 spiro atoms. The van der Waals surface area contributed by atoms with Crippen LogP contribution in [0.15, 0.2) is 6.07 Å². The van der Waals surface area contributed by atoms with Crippen molar-refractivity contribution in [2.75, 3.05) is 31.3 Å². The molecular formula is C9H16N4O3. The fraction of sp³-hybridized carbons (Fsp3) is 0.556. The van der Waals surface area contributed by atoms with Gasteiger partial charge in [0, 0.05) is 19.7 Å². The normalized spacial score (nSPS) is 12.4. The smallest absolute Gasteiger partial charge is 0.158 e. The van der Waals surface area contributed by atoms with Crippen LogP contribution in [0.4, 0.5) is 11.6 Å². The van der Waals surface area contributed by atoms with Crippen LogP contribution < -0.4 is 11.1 Å². The average molecular weight is 228 g/mol. The fourth-order valence-corrected chi connectivity index (χ4v) is 1.09. The number of nitrogens with zero attached hydrogens (tertiary/aromatic N) is 2. The Bertz CT molecular complexity index is 335. The van der Waals surface area contributed by atoms with Crippen molar-refractivity contribution >= 4 is 11.6 Å². The van der Waals surface area contributed by atoms with Crippen LogP contribution in [-0.2, 0) is 11.3 Å². The van der Waals surface area contributed by atoms with Gasteiger partial charge < -0.3 is 26.0 Å². The van der Waals surface area contributed by atoms with Crippen LogP contribution in [0.25, 0.3) is 0 Å². The third-order valence-electron chi connectivity index (χ3n) is 1.80. The van der Waals surface area contributed by atoms with Gasteiger partial charge in [0.15, 0.2) is 5.82 Å². The zero-order chi connectivity index (χ0) is 12.0. The van der Waals surface area contributed by atoms with Crippen molar-refractivity contribution in [3.05, 3.63) is 11.9 Å². The van der Waals surface area contributed by atoms with Gasteiger partial charge in [0.05, 0.1) is 12.7 Å². The summed E-state index contributed by atoms with van der Waals surface area (Å²) >= 11 is 0.